The quantitative estimate of drug-likeness (QED) is 0.648. The van der Waals surface area contributed by atoms with Crippen LogP contribution in [-0.4, -0.2) is 10.7 Å². The first kappa shape index (κ1) is 11.1. The van der Waals surface area contributed by atoms with E-state index in [2.05, 4.69) is 12.6 Å². The molecular formula is C10H14N2OS. The van der Waals surface area contributed by atoms with Crippen molar-refractivity contribution in [1.29, 1.82) is 0 Å². The molecule has 0 saturated carbocycles. The Hall–Kier alpha value is -1.00. The third-order valence-electron chi connectivity index (χ3n) is 2.26. The van der Waals surface area contributed by atoms with Crippen LogP contribution in [0.15, 0.2) is 30.3 Å². The van der Waals surface area contributed by atoms with Gasteiger partial charge in [0.2, 0.25) is 5.91 Å². The third kappa shape index (κ3) is 2.08. The number of rotatable bonds is 3. The minimum Gasteiger partial charge on any atom is -0.368 e. The standard InChI is InChI=1S/C10H14N2OS/c1-10(14,9(12)13)8(11)7-5-3-2-4-6-7/h2-6,8,14H,11H2,1H3,(H2,12,13). The average molecular weight is 210 g/mol. The van der Waals surface area contributed by atoms with Crippen molar-refractivity contribution in [2.75, 3.05) is 0 Å². The van der Waals surface area contributed by atoms with Crippen LogP contribution in [0, 0.1) is 0 Å². The van der Waals surface area contributed by atoms with Crippen molar-refractivity contribution in [2.45, 2.75) is 17.7 Å². The van der Waals surface area contributed by atoms with E-state index in [0.29, 0.717) is 0 Å². The summed E-state index contributed by atoms with van der Waals surface area (Å²) in [5.74, 6) is -0.516. The van der Waals surface area contributed by atoms with Crippen LogP contribution >= 0.6 is 12.6 Å². The lowest BCUT2D eigenvalue weighted by Crippen LogP contribution is -2.45. The SMILES string of the molecule is CC(S)(C(N)=O)C(N)c1ccccc1. The molecule has 0 aliphatic carbocycles. The van der Waals surface area contributed by atoms with Gasteiger partial charge in [0.25, 0.3) is 0 Å². The highest BCUT2D eigenvalue weighted by molar-refractivity contribution is 7.82. The van der Waals surface area contributed by atoms with Gasteiger partial charge in [-0.3, -0.25) is 4.79 Å². The lowest BCUT2D eigenvalue weighted by atomic mass is 9.94. The van der Waals surface area contributed by atoms with Gasteiger partial charge in [-0.2, -0.15) is 12.6 Å². The van der Waals surface area contributed by atoms with Gasteiger partial charge < -0.3 is 11.5 Å². The number of thiol groups is 1. The minimum absolute atomic E-state index is 0.496. The highest BCUT2D eigenvalue weighted by atomic mass is 32.1. The molecule has 0 saturated heterocycles. The van der Waals surface area contributed by atoms with Crippen LogP contribution in [0.4, 0.5) is 0 Å². The molecule has 2 unspecified atom stereocenters. The number of primary amides is 1. The van der Waals surface area contributed by atoms with Gasteiger partial charge in [0.1, 0.15) is 4.75 Å². The zero-order chi connectivity index (χ0) is 10.8. The molecule has 2 atom stereocenters. The van der Waals surface area contributed by atoms with Crippen molar-refractivity contribution >= 4 is 18.5 Å². The molecule has 14 heavy (non-hydrogen) atoms. The molecule has 4 N–H and O–H groups in total. The molecule has 0 bridgehead atoms. The second-order valence-electron chi connectivity index (χ2n) is 3.40. The molecule has 0 aliphatic rings. The van der Waals surface area contributed by atoms with Crippen molar-refractivity contribution in [1.82, 2.24) is 0 Å². The Morgan fingerprint density at radius 3 is 2.36 bits per heavy atom. The van der Waals surface area contributed by atoms with Crippen LogP contribution in [-0.2, 0) is 4.79 Å². The van der Waals surface area contributed by atoms with Gasteiger partial charge in [0, 0.05) is 0 Å². The summed E-state index contributed by atoms with van der Waals surface area (Å²) in [5.41, 5.74) is 12.0. The largest absolute Gasteiger partial charge is 0.368 e. The second-order valence-corrected chi connectivity index (χ2v) is 4.33. The zero-order valence-corrected chi connectivity index (χ0v) is 8.87. The summed E-state index contributed by atoms with van der Waals surface area (Å²) in [7, 11) is 0. The van der Waals surface area contributed by atoms with Gasteiger partial charge in [-0.1, -0.05) is 30.3 Å². The number of nitrogens with two attached hydrogens (primary N) is 2. The lowest BCUT2D eigenvalue weighted by molar-refractivity contribution is -0.120. The van der Waals surface area contributed by atoms with Gasteiger partial charge in [-0.25, -0.2) is 0 Å². The Morgan fingerprint density at radius 1 is 1.43 bits per heavy atom. The Labute approximate surface area is 88.9 Å². The number of hydrogen-bond donors (Lipinski definition) is 3. The summed E-state index contributed by atoms with van der Waals surface area (Å²) in [6.07, 6.45) is 0. The van der Waals surface area contributed by atoms with E-state index in [1.54, 1.807) is 6.92 Å². The predicted octanol–water partition coefficient (Wildman–Crippen LogP) is 0.860. The first-order valence-electron chi connectivity index (χ1n) is 4.29. The molecule has 0 aromatic heterocycles. The highest BCUT2D eigenvalue weighted by Gasteiger charge is 2.34. The van der Waals surface area contributed by atoms with Gasteiger partial charge in [-0.05, 0) is 12.5 Å². The van der Waals surface area contributed by atoms with Crippen LogP contribution in [0.25, 0.3) is 0 Å². The van der Waals surface area contributed by atoms with E-state index in [4.69, 9.17) is 11.5 Å². The molecule has 0 radical (unpaired) electrons. The second kappa shape index (κ2) is 4.02. The molecule has 0 aliphatic heterocycles. The topological polar surface area (TPSA) is 69.1 Å². The number of hydrogen-bond acceptors (Lipinski definition) is 3. The fourth-order valence-electron chi connectivity index (χ4n) is 1.14. The summed E-state index contributed by atoms with van der Waals surface area (Å²) in [6, 6.07) is 8.81. The number of amides is 1. The number of carbonyl (C=O) groups excluding carboxylic acids is 1. The first-order chi connectivity index (χ1) is 6.46. The summed E-state index contributed by atoms with van der Waals surface area (Å²) < 4.78 is -1.03. The van der Waals surface area contributed by atoms with Crippen molar-refractivity contribution in [3.63, 3.8) is 0 Å². The molecule has 1 aromatic rings. The summed E-state index contributed by atoms with van der Waals surface area (Å²) in [5, 5.41) is 0. The Morgan fingerprint density at radius 2 is 1.93 bits per heavy atom. The van der Waals surface area contributed by atoms with E-state index < -0.39 is 16.7 Å². The summed E-state index contributed by atoms with van der Waals surface area (Å²) in [4.78, 5) is 11.1. The van der Waals surface area contributed by atoms with Crippen LogP contribution in [0.2, 0.25) is 0 Å². The van der Waals surface area contributed by atoms with Crippen LogP contribution in [0.5, 0.6) is 0 Å². The van der Waals surface area contributed by atoms with E-state index in [1.807, 2.05) is 30.3 Å². The van der Waals surface area contributed by atoms with Gasteiger partial charge in [-0.15, -0.1) is 0 Å². The summed E-state index contributed by atoms with van der Waals surface area (Å²) in [6.45, 7) is 1.62. The Balaban J connectivity index is 2.96. The van der Waals surface area contributed by atoms with Gasteiger partial charge >= 0.3 is 0 Å². The molecule has 76 valence electrons. The molecule has 1 amide bonds. The molecule has 0 heterocycles. The first-order valence-corrected chi connectivity index (χ1v) is 4.73. The zero-order valence-electron chi connectivity index (χ0n) is 7.97. The van der Waals surface area contributed by atoms with E-state index in [0.717, 1.165) is 5.56 Å². The van der Waals surface area contributed by atoms with Crippen LogP contribution in [0.1, 0.15) is 18.5 Å². The molecule has 1 rings (SSSR count). The van der Waals surface area contributed by atoms with Crippen molar-refractivity contribution in [3.05, 3.63) is 35.9 Å². The van der Waals surface area contributed by atoms with E-state index in [9.17, 15) is 4.79 Å². The smallest absolute Gasteiger partial charge is 0.235 e. The maximum atomic E-state index is 11.1. The molecule has 1 aromatic carbocycles. The molecule has 3 nitrogen and oxygen atoms in total. The summed E-state index contributed by atoms with van der Waals surface area (Å²) >= 11 is 4.19. The van der Waals surface area contributed by atoms with Crippen molar-refractivity contribution in [2.24, 2.45) is 11.5 Å². The molecule has 0 spiro atoms. The van der Waals surface area contributed by atoms with Crippen LogP contribution in [0.3, 0.4) is 0 Å². The highest BCUT2D eigenvalue weighted by Crippen LogP contribution is 2.28. The van der Waals surface area contributed by atoms with E-state index in [1.165, 1.54) is 0 Å². The number of benzene rings is 1. The monoisotopic (exact) mass is 210 g/mol. The fraction of sp³-hybridized carbons (Fsp3) is 0.300. The Bertz CT molecular complexity index is 324. The molecule has 0 fully saturated rings. The fourth-order valence-corrected chi connectivity index (χ4v) is 1.29. The van der Waals surface area contributed by atoms with Crippen molar-refractivity contribution < 1.29 is 4.79 Å². The van der Waals surface area contributed by atoms with Gasteiger partial charge in [0.15, 0.2) is 0 Å². The van der Waals surface area contributed by atoms with Crippen LogP contribution < -0.4 is 11.5 Å². The van der Waals surface area contributed by atoms with Gasteiger partial charge in [0.05, 0.1) is 6.04 Å². The molecular weight excluding hydrogens is 196 g/mol. The Kier molecular flexibility index (Phi) is 3.18. The number of carbonyl (C=O) groups is 1. The average Bonchev–Trinajstić information content (AvgIpc) is 2.17. The van der Waals surface area contributed by atoms with Crippen molar-refractivity contribution in [3.8, 4) is 0 Å². The predicted molar refractivity (Wildman–Crippen MR) is 60.0 cm³/mol. The lowest BCUT2D eigenvalue weighted by Gasteiger charge is -2.27. The molecule has 4 heteroatoms. The minimum atomic E-state index is -1.03. The van der Waals surface area contributed by atoms with E-state index >= 15 is 0 Å². The third-order valence-corrected chi connectivity index (χ3v) is 2.76. The maximum Gasteiger partial charge on any atom is 0.235 e. The van der Waals surface area contributed by atoms with E-state index in [-0.39, 0.29) is 0 Å². The maximum absolute atomic E-state index is 11.1. The normalized spacial score (nSPS) is 17.1.